The molecule has 0 radical (unpaired) electrons. The van der Waals surface area contributed by atoms with Gasteiger partial charge in [0.2, 0.25) is 0 Å². The van der Waals surface area contributed by atoms with Crippen molar-refractivity contribution in [2.75, 3.05) is 13.7 Å². The monoisotopic (exact) mass is 285 g/mol. The number of hydrogen-bond acceptors (Lipinski definition) is 3. The molecule has 1 atom stereocenters. The maximum Gasteiger partial charge on any atom is 0.251 e. The fourth-order valence-electron chi connectivity index (χ4n) is 2.64. The summed E-state index contributed by atoms with van der Waals surface area (Å²) >= 11 is 0. The molecule has 1 aromatic heterocycles. The first-order chi connectivity index (χ1) is 10.3. The number of likely N-dealkylation sites (N-methyl/N-ethyl adjacent to an activating group) is 1. The Labute approximate surface area is 123 Å². The molecule has 1 aliphatic heterocycles. The lowest BCUT2D eigenvalue weighted by Gasteiger charge is -2.20. The highest BCUT2D eigenvalue weighted by atomic mass is 16.5. The summed E-state index contributed by atoms with van der Waals surface area (Å²) in [4.78, 5) is 14.0. The average molecular weight is 285 g/mol. The van der Waals surface area contributed by atoms with Gasteiger partial charge < -0.3 is 9.64 Å². The van der Waals surface area contributed by atoms with Gasteiger partial charge in [0.05, 0.1) is 11.9 Å². The minimum absolute atomic E-state index is 0.0488. The van der Waals surface area contributed by atoms with E-state index in [-0.39, 0.29) is 12.0 Å². The van der Waals surface area contributed by atoms with Crippen LogP contribution in [0.4, 0.5) is 0 Å². The fourth-order valence-corrected chi connectivity index (χ4v) is 2.64. The molecule has 3 rings (SSSR count). The Bertz CT molecular complexity index is 603. The number of carbonyl (C=O) groups is 1. The van der Waals surface area contributed by atoms with Gasteiger partial charge in [-0.15, -0.1) is 0 Å². The Balaban J connectivity index is 1.73. The van der Waals surface area contributed by atoms with Gasteiger partial charge in [-0.2, -0.15) is 5.10 Å². The minimum Gasteiger partial charge on any atom is -0.368 e. The normalized spacial score (nSPS) is 17.9. The van der Waals surface area contributed by atoms with Gasteiger partial charge in [-0.1, -0.05) is 30.3 Å². The van der Waals surface area contributed by atoms with Crippen molar-refractivity contribution in [2.24, 2.45) is 0 Å². The number of hydrogen-bond donors (Lipinski definition) is 1. The summed E-state index contributed by atoms with van der Waals surface area (Å²) in [6.45, 7) is 1.21. The molecule has 110 valence electrons. The van der Waals surface area contributed by atoms with E-state index in [4.69, 9.17) is 4.74 Å². The van der Waals surface area contributed by atoms with Crippen molar-refractivity contribution in [2.45, 2.75) is 25.5 Å². The summed E-state index contributed by atoms with van der Waals surface area (Å²) < 4.78 is 5.46. The third kappa shape index (κ3) is 2.97. The van der Waals surface area contributed by atoms with E-state index in [9.17, 15) is 4.79 Å². The summed E-state index contributed by atoms with van der Waals surface area (Å²) in [5, 5.41) is 7.13. The quantitative estimate of drug-likeness (QED) is 0.937. The second kappa shape index (κ2) is 6.10. The predicted octanol–water partition coefficient (Wildman–Crippen LogP) is 2.21. The highest BCUT2D eigenvalue weighted by molar-refractivity contribution is 5.81. The number of benzene rings is 1. The third-order valence-corrected chi connectivity index (χ3v) is 3.77. The van der Waals surface area contributed by atoms with Crippen LogP contribution in [0, 0.1) is 0 Å². The summed E-state index contributed by atoms with van der Waals surface area (Å²) in [6.07, 6.45) is 3.29. The van der Waals surface area contributed by atoms with E-state index in [0.29, 0.717) is 13.2 Å². The number of rotatable bonds is 4. The summed E-state index contributed by atoms with van der Waals surface area (Å²) in [7, 11) is 1.81. The van der Waals surface area contributed by atoms with Crippen molar-refractivity contribution in [3.05, 3.63) is 42.1 Å². The molecule has 0 spiro atoms. The molecule has 0 saturated carbocycles. The van der Waals surface area contributed by atoms with Crippen molar-refractivity contribution >= 4 is 5.91 Å². The van der Waals surface area contributed by atoms with Gasteiger partial charge in [0.25, 0.3) is 5.91 Å². The molecule has 1 fully saturated rings. The Kier molecular flexibility index (Phi) is 4.01. The Hall–Kier alpha value is -2.14. The Morgan fingerprint density at radius 3 is 2.95 bits per heavy atom. The molecule has 21 heavy (non-hydrogen) atoms. The zero-order valence-corrected chi connectivity index (χ0v) is 12.1. The van der Waals surface area contributed by atoms with Gasteiger partial charge in [-0.25, -0.2) is 0 Å². The van der Waals surface area contributed by atoms with Crippen LogP contribution in [0.25, 0.3) is 11.3 Å². The molecule has 2 heterocycles. The fraction of sp³-hybridized carbons (Fsp3) is 0.375. The van der Waals surface area contributed by atoms with E-state index in [1.54, 1.807) is 11.1 Å². The van der Waals surface area contributed by atoms with Crippen LogP contribution < -0.4 is 0 Å². The van der Waals surface area contributed by atoms with Crippen LogP contribution in [0.5, 0.6) is 0 Å². The van der Waals surface area contributed by atoms with Crippen molar-refractivity contribution in [3.8, 4) is 11.3 Å². The summed E-state index contributed by atoms with van der Waals surface area (Å²) in [5.74, 6) is 0.0488. The number of aromatic nitrogens is 2. The van der Waals surface area contributed by atoms with Crippen molar-refractivity contribution in [1.29, 1.82) is 0 Å². The van der Waals surface area contributed by atoms with Gasteiger partial charge in [-0.3, -0.25) is 9.89 Å². The van der Waals surface area contributed by atoms with E-state index < -0.39 is 0 Å². The molecule has 1 aromatic carbocycles. The molecule has 5 heteroatoms. The molecule has 1 saturated heterocycles. The number of ether oxygens (including phenoxy) is 1. The van der Waals surface area contributed by atoms with Crippen LogP contribution in [-0.4, -0.2) is 40.8 Å². The molecular formula is C16H19N3O2. The van der Waals surface area contributed by atoms with E-state index in [1.165, 1.54) is 0 Å². The number of carbonyl (C=O) groups excluding carboxylic acids is 1. The number of nitrogens with zero attached hydrogens (tertiary/aromatic N) is 2. The zero-order chi connectivity index (χ0) is 14.7. The number of amides is 1. The lowest BCUT2D eigenvalue weighted by Crippen LogP contribution is -2.35. The standard InChI is InChI=1S/C16H19N3O2/c1-19(16(20)14-8-5-9-21-14)11-13-10-17-18-15(13)12-6-3-2-4-7-12/h2-4,6-7,10,14H,5,8-9,11H2,1H3,(H,17,18)/t14-/m0/s1. The van der Waals surface area contributed by atoms with E-state index >= 15 is 0 Å². The highest BCUT2D eigenvalue weighted by Gasteiger charge is 2.26. The first-order valence-electron chi connectivity index (χ1n) is 7.20. The lowest BCUT2D eigenvalue weighted by molar-refractivity contribution is -0.140. The number of aromatic amines is 1. The Morgan fingerprint density at radius 2 is 2.24 bits per heavy atom. The SMILES string of the molecule is CN(Cc1cn[nH]c1-c1ccccc1)C(=O)[C@@H]1CCCO1. The van der Waals surface area contributed by atoms with Gasteiger partial charge in [0.1, 0.15) is 6.10 Å². The van der Waals surface area contributed by atoms with Gasteiger partial charge in [0, 0.05) is 25.8 Å². The minimum atomic E-state index is -0.276. The van der Waals surface area contributed by atoms with Gasteiger partial charge in [0.15, 0.2) is 0 Å². The van der Waals surface area contributed by atoms with Crippen LogP contribution in [0.2, 0.25) is 0 Å². The number of nitrogens with one attached hydrogen (secondary N) is 1. The van der Waals surface area contributed by atoms with Crippen LogP contribution in [0.15, 0.2) is 36.5 Å². The lowest BCUT2D eigenvalue weighted by atomic mass is 10.1. The molecule has 0 unspecified atom stereocenters. The molecule has 1 amide bonds. The maximum atomic E-state index is 12.3. The predicted molar refractivity (Wildman–Crippen MR) is 79.5 cm³/mol. The Morgan fingerprint density at radius 1 is 1.43 bits per heavy atom. The van der Waals surface area contributed by atoms with Crippen LogP contribution in [-0.2, 0) is 16.1 Å². The van der Waals surface area contributed by atoms with Crippen LogP contribution in [0.1, 0.15) is 18.4 Å². The van der Waals surface area contributed by atoms with Gasteiger partial charge >= 0.3 is 0 Å². The van der Waals surface area contributed by atoms with E-state index in [0.717, 1.165) is 29.7 Å². The first kappa shape index (κ1) is 13.8. The molecule has 0 bridgehead atoms. The average Bonchev–Trinajstić information content (AvgIpc) is 3.19. The molecule has 0 aliphatic carbocycles. The molecule has 1 N–H and O–H groups in total. The van der Waals surface area contributed by atoms with Crippen LogP contribution in [0.3, 0.4) is 0 Å². The first-order valence-corrected chi connectivity index (χ1v) is 7.20. The van der Waals surface area contributed by atoms with Crippen molar-refractivity contribution in [1.82, 2.24) is 15.1 Å². The summed E-state index contributed by atoms with van der Waals surface area (Å²) in [6, 6.07) is 10.0. The molecular weight excluding hydrogens is 266 g/mol. The molecule has 5 nitrogen and oxygen atoms in total. The second-order valence-corrected chi connectivity index (χ2v) is 5.33. The van der Waals surface area contributed by atoms with E-state index in [1.807, 2.05) is 37.4 Å². The van der Waals surface area contributed by atoms with E-state index in [2.05, 4.69) is 10.2 Å². The second-order valence-electron chi connectivity index (χ2n) is 5.33. The topological polar surface area (TPSA) is 58.2 Å². The number of H-pyrrole nitrogens is 1. The van der Waals surface area contributed by atoms with Crippen molar-refractivity contribution in [3.63, 3.8) is 0 Å². The molecule has 2 aromatic rings. The molecule has 1 aliphatic rings. The van der Waals surface area contributed by atoms with Crippen molar-refractivity contribution < 1.29 is 9.53 Å². The largest absolute Gasteiger partial charge is 0.368 e. The smallest absolute Gasteiger partial charge is 0.251 e. The highest BCUT2D eigenvalue weighted by Crippen LogP contribution is 2.22. The third-order valence-electron chi connectivity index (χ3n) is 3.77. The maximum absolute atomic E-state index is 12.3. The summed E-state index contributed by atoms with van der Waals surface area (Å²) in [5.41, 5.74) is 3.04. The van der Waals surface area contributed by atoms with Crippen LogP contribution >= 0.6 is 0 Å². The zero-order valence-electron chi connectivity index (χ0n) is 12.1. The van der Waals surface area contributed by atoms with Gasteiger partial charge in [-0.05, 0) is 18.4 Å².